The summed E-state index contributed by atoms with van der Waals surface area (Å²) in [5.41, 5.74) is 10.6. The van der Waals surface area contributed by atoms with Crippen LogP contribution in [0.3, 0.4) is 0 Å². The number of esters is 2. The lowest BCUT2D eigenvalue weighted by molar-refractivity contribution is -0.144. The molecule has 0 radical (unpaired) electrons. The normalized spacial score (nSPS) is 22.3. The van der Waals surface area contributed by atoms with Crippen molar-refractivity contribution in [2.45, 2.75) is 172 Å². The van der Waals surface area contributed by atoms with Crippen LogP contribution in [0.5, 0.6) is 0 Å². The van der Waals surface area contributed by atoms with Crippen LogP contribution in [0.2, 0.25) is 0 Å². The van der Waals surface area contributed by atoms with Crippen LogP contribution in [-0.4, -0.2) is 51.8 Å². The lowest BCUT2D eigenvalue weighted by Crippen LogP contribution is -2.38. The molecule has 6 rings (SSSR count). The third-order valence-electron chi connectivity index (χ3n) is 15.4. The number of carbonyl (C=O) groups is 2. The summed E-state index contributed by atoms with van der Waals surface area (Å²) in [7, 11) is 1.37. The molecule has 352 valence electrons. The molecular weight excluding hydrogens is 797 g/mol. The fraction of sp³-hybridized carbons (Fsp3) is 0.636. The number of methoxy groups -OCH3 is 1. The van der Waals surface area contributed by atoms with Gasteiger partial charge in [-0.25, -0.2) is 0 Å². The van der Waals surface area contributed by atoms with Gasteiger partial charge in [-0.15, -0.1) is 0 Å². The topological polar surface area (TPSA) is 132 Å². The number of ether oxygens (including phenoxy) is 2. The van der Waals surface area contributed by atoms with Crippen LogP contribution >= 0.6 is 0 Å². The largest absolute Gasteiger partial charge is 0.510 e. The molecule has 8 bridgehead atoms. The Labute approximate surface area is 383 Å². The Morgan fingerprint density at radius 1 is 0.719 bits per heavy atom. The molecule has 1 fully saturated rings. The smallest absolute Gasteiger partial charge is 0.320 e. The van der Waals surface area contributed by atoms with E-state index in [-0.39, 0.29) is 36.0 Å². The van der Waals surface area contributed by atoms with Crippen LogP contribution < -0.4 is 26.6 Å². The average molecular weight is 879 g/mol. The third kappa shape index (κ3) is 10.8. The molecule has 64 heavy (non-hydrogen) atoms. The Hall–Kier alpha value is -4.40. The quantitative estimate of drug-likeness (QED) is 0.0678. The van der Waals surface area contributed by atoms with E-state index in [0.717, 1.165) is 93.4 Å². The molecule has 2 aliphatic heterocycles. The summed E-state index contributed by atoms with van der Waals surface area (Å²) in [5.74, 6) is 1.17. The van der Waals surface area contributed by atoms with Crippen LogP contribution in [0, 0.1) is 62.2 Å². The number of nitrogens with one attached hydrogen (secondary N) is 4. The second-order valence-electron chi connectivity index (χ2n) is 20.5. The average Bonchev–Trinajstić information content (AvgIpc) is 3.99. The van der Waals surface area contributed by atoms with E-state index in [1.165, 1.54) is 80.7 Å². The summed E-state index contributed by atoms with van der Waals surface area (Å²) in [6, 6.07) is -0.363. The Morgan fingerprint density at radius 3 is 1.92 bits per heavy atom. The van der Waals surface area contributed by atoms with Crippen molar-refractivity contribution in [2.75, 3.05) is 13.7 Å². The number of aromatic amines is 3. The van der Waals surface area contributed by atoms with Gasteiger partial charge >= 0.3 is 11.9 Å². The van der Waals surface area contributed by atoms with Crippen LogP contribution in [-0.2, 0) is 31.9 Å². The first-order valence-electron chi connectivity index (χ1n) is 25.1. The van der Waals surface area contributed by atoms with Gasteiger partial charge in [0.05, 0.1) is 25.1 Å². The van der Waals surface area contributed by atoms with E-state index in [4.69, 9.17) is 9.47 Å². The summed E-state index contributed by atoms with van der Waals surface area (Å²) in [6.07, 6.45) is 21.7. The van der Waals surface area contributed by atoms with Crippen molar-refractivity contribution < 1.29 is 24.2 Å². The zero-order valence-electron chi connectivity index (χ0n) is 41.5. The number of aliphatic hydroxyl groups excluding tert-OH is 1. The molecule has 0 aromatic carbocycles. The molecule has 0 amide bonds. The van der Waals surface area contributed by atoms with Gasteiger partial charge in [-0.2, -0.15) is 0 Å². The number of hydrogen-bond acceptors (Lipinski definition) is 6. The number of fused-ring (bicyclic) bond motifs is 8. The summed E-state index contributed by atoms with van der Waals surface area (Å²) in [6.45, 7) is 25.1. The van der Waals surface area contributed by atoms with E-state index in [1.54, 1.807) is 0 Å². The minimum Gasteiger partial charge on any atom is -0.510 e. The number of aliphatic hydroxyl groups is 1. The Bertz CT molecular complexity index is 2410. The van der Waals surface area contributed by atoms with E-state index in [0.29, 0.717) is 24.2 Å². The molecule has 3 aliphatic rings. The predicted molar refractivity (Wildman–Crippen MR) is 262 cm³/mol. The van der Waals surface area contributed by atoms with Crippen molar-refractivity contribution in [1.29, 1.82) is 0 Å². The van der Waals surface area contributed by atoms with E-state index in [9.17, 15) is 14.7 Å². The lowest BCUT2D eigenvalue weighted by Gasteiger charge is -2.26. The van der Waals surface area contributed by atoms with Crippen LogP contribution in [0.4, 0.5) is 0 Å². The van der Waals surface area contributed by atoms with E-state index >= 15 is 0 Å². The highest BCUT2D eigenvalue weighted by molar-refractivity contribution is 5.95. The zero-order valence-corrected chi connectivity index (χ0v) is 41.5. The Balaban J connectivity index is 1.18. The number of aromatic nitrogens is 3. The minimum absolute atomic E-state index is 0.00219. The highest BCUT2D eigenvalue weighted by Gasteiger charge is 2.47. The van der Waals surface area contributed by atoms with Gasteiger partial charge in [0.1, 0.15) is 11.7 Å². The molecule has 1 saturated heterocycles. The Morgan fingerprint density at radius 2 is 1.31 bits per heavy atom. The number of carbonyl (C=O) groups excluding carboxylic acids is 2. The first-order chi connectivity index (χ1) is 30.6. The molecular formula is C55H82N4O5. The van der Waals surface area contributed by atoms with Gasteiger partial charge in [0.15, 0.2) is 0 Å². The highest BCUT2D eigenvalue weighted by atomic mass is 16.5. The van der Waals surface area contributed by atoms with Gasteiger partial charge < -0.3 is 34.8 Å². The molecule has 1 unspecified atom stereocenters. The van der Waals surface area contributed by atoms with Gasteiger partial charge in [-0.3, -0.25) is 9.59 Å². The Kier molecular flexibility index (Phi) is 16.6. The molecule has 0 saturated carbocycles. The molecule has 3 aromatic rings. The first kappa shape index (κ1) is 49.0. The molecule has 7 atom stereocenters. The van der Waals surface area contributed by atoms with Crippen molar-refractivity contribution in [2.24, 2.45) is 41.4 Å². The molecule has 9 heteroatoms. The van der Waals surface area contributed by atoms with E-state index in [2.05, 4.69) is 108 Å². The maximum absolute atomic E-state index is 13.7. The van der Waals surface area contributed by atoms with Crippen LogP contribution in [0.1, 0.15) is 177 Å². The van der Waals surface area contributed by atoms with Crippen molar-refractivity contribution >= 4 is 41.5 Å². The molecule has 9 nitrogen and oxygen atoms in total. The standard InChI is InChI=1S/C55H82N4O5/c1-13-39-35(8)42-28-44-37(10)41(24-25-48(60)64-27-26-34(7)23-17-22-33(6)21-16-20-32(5)19-15-18-31(3)4)52(58-44)50-51(55(62)63-12)54(61)49-38(11)45(59-53(49)50)30-47-40(14-2)36(9)43(57-47)29-46(39)56-42/h28-34,37,41,51-52,56-59,61H,13-27H2,1-12H3/b43-29-,44-28-,47-30-/t32-,33-,34?,37+,41+,51-,52-/m1/s1. The van der Waals surface area contributed by atoms with Crippen molar-refractivity contribution in [3.63, 3.8) is 0 Å². The van der Waals surface area contributed by atoms with Gasteiger partial charge in [0.25, 0.3) is 0 Å². The number of rotatable bonds is 21. The summed E-state index contributed by atoms with van der Waals surface area (Å²) < 4.78 is 11.3. The molecule has 5 N–H and O–H groups in total. The fourth-order valence-corrected chi connectivity index (χ4v) is 11.2. The monoisotopic (exact) mass is 879 g/mol. The number of allylic oxidation sites excluding steroid dienone is 1. The van der Waals surface area contributed by atoms with Crippen molar-refractivity contribution in [1.82, 2.24) is 20.3 Å². The first-order valence-corrected chi connectivity index (χ1v) is 25.1. The van der Waals surface area contributed by atoms with E-state index in [1.807, 2.05) is 6.92 Å². The van der Waals surface area contributed by atoms with Crippen molar-refractivity contribution in [3.8, 4) is 0 Å². The maximum Gasteiger partial charge on any atom is 0.320 e. The molecule has 3 aromatic heterocycles. The number of hydrogen-bond donors (Lipinski definition) is 5. The summed E-state index contributed by atoms with van der Waals surface area (Å²) >= 11 is 0. The summed E-state index contributed by atoms with van der Waals surface area (Å²) in [4.78, 5) is 38.3. The molecule has 5 heterocycles. The lowest BCUT2D eigenvalue weighted by atomic mass is 9.80. The molecule has 1 aliphatic carbocycles. The van der Waals surface area contributed by atoms with Gasteiger partial charge in [0.2, 0.25) is 0 Å². The van der Waals surface area contributed by atoms with E-state index < -0.39 is 11.9 Å². The summed E-state index contributed by atoms with van der Waals surface area (Å²) in [5, 5.41) is 19.3. The zero-order chi connectivity index (χ0) is 46.4. The fourth-order valence-electron chi connectivity index (χ4n) is 11.2. The second-order valence-corrected chi connectivity index (χ2v) is 20.5. The van der Waals surface area contributed by atoms with Crippen LogP contribution in [0.25, 0.3) is 29.6 Å². The minimum atomic E-state index is -0.973. The van der Waals surface area contributed by atoms with Gasteiger partial charge in [-0.05, 0) is 128 Å². The SMILES string of the molecule is CCc1c2[nH]c(c1C)/C=C1\N[C@@H](C3=c4[nH]c(c(C)c4=C(O)[C@@H]3C(=O)OC)/C=c3\[nH]/c(c(C)c3CC)=C\2)[C@@H](CCC(=O)OCCC(C)CCC[C@H](C)CCC[C@H](C)CCCC(C)C)[C@@H]1C. The third-order valence-corrected chi connectivity index (χ3v) is 15.4. The maximum atomic E-state index is 13.7. The van der Waals surface area contributed by atoms with Crippen molar-refractivity contribution in [3.05, 3.63) is 71.9 Å². The number of H-pyrrole nitrogens is 3. The van der Waals surface area contributed by atoms with Crippen LogP contribution in [0.15, 0.2) is 5.70 Å². The highest BCUT2D eigenvalue weighted by Crippen LogP contribution is 2.42. The predicted octanol–water partition coefficient (Wildman–Crippen LogP) is 9.37. The van der Waals surface area contributed by atoms with Gasteiger partial charge in [0, 0.05) is 51.0 Å². The molecule has 0 spiro atoms. The second kappa shape index (κ2) is 21.7. The van der Waals surface area contributed by atoms with Gasteiger partial charge in [-0.1, -0.05) is 113 Å².